The molecule has 94 valence electrons. The Balaban J connectivity index is 2.07. The van der Waals surface area contributed by atoms with Crippen molar-refractivity contribution in [2.45, 2.75) is 39.3 Å². The Labute approximate surface area is 112 Å². The molecule has 17 heavy (non-hydrogen) atoms. The van der Waals surface area contributed by atoms with Crippen LogP contribution in [0.1, 0.15) is 32.3 Å². The second-order valence-electron chi connectivity index (χ2n) is 5.22. The quantitative estimate of drug-likeness (QED) is 0.898. The number of piperidine rings is 1. The van der Waals surface area contributed by atoms with Crippen LogP contribution in [-0.4, -0.2) is 22.6 Å². The maximum atomic E-state index is 9.86. The lowest BCUT2D eigenvalue weighted by atomic mass is 9.93. The van der Waals surface area contributed by atoms with Crippen LogP contribution in [-0.2, 0) is 6.54 Å². The van der Waals surface area contributed by atoms with E-state index in [4.69, 9.17) is 0 Å². The van der Waals surface area contributed by atoms with Crippen LogP contribution >= 0.6 is 15.9 Å². The van der Waals surface area contributed by atoms with E-state index in [0.717, 1.165) is 29.0 Å². The highest BCUT2D eigenvalue weighted by atomic mass is 79.9. The Morgan fingerprint density at radius 2 is 2.18 bits per heavy atom. The first-order chi connectivity index (χ1) is 8.06. The second kappa shape index (κ2) is 5.40. The number of nitrogens with zero attached hydrogens (tertiary/aromatic N) is 1. The number of likely N-dealkylation sites (tertiary alicyclic amines) is 1. The normalized spacial score (nSPS) is 26.1. The molecule has 2 nitrogen and oxygen atoms in total. The summed E-state index contributed by atoms with van der Waals surface area (Å²) in [6.07, 6.45) is 2.52. The molecule has 1 N–H and O–H groups in total. The first kappa shape index (κ1) is 12.9. The molecule has 0 spiro atoms. The largest absolute Gasteiger partial charge is 0.508 e. The van der Waals surface area contributed by atoms with Crippen LogP contribution in [0, 0.1) is 5.92 Å². The number of hydrogen-bond donors (Lipinski definition) is 1. The number of benzene rings is 1. The molecular weight excluding hydrogens is 278 g/mol. The zero-order valence-electron chi connectivity index (χ0n) is 10.5. The van der Waals surface area contributed by atoms with E-state index >= 15 is 0 Å². The molecule has 0 radical (unpaired) electrons. The zero-order chi connectivity index (χ0) is 12.4. The molecule has 2 rings (SSSR count). The van der Waals surface area contributed by atoms with Gasteiger partial charge in [-0.15, -0.1) is 0 Å². The molecule has 2 atom stereocenters. The van der Waals surface area contributed by atoms with E-state index in [-0.39, 0.29) is 0 Å². The van der Waals surface area contributed by atoms with Gasteiger partial charge in [-0.2, -0.15) is 0 Å². The Morgan fingerprint density at radius 3 is 2.88 bits per heavy atom. The summed E-state index contributed by atoms with van der Waals surface area (Å²) in [6.45, 7) is 6.59. The molecule has 0 bridgehead atoms. The topological polar surface area (TPSA) is 23.5 Å². The molecule has 1 aliphatic heterocycles. The van der Waals surface area contributed by atoms with Crippen molar-refractivity contribution in [3.63, 3.8) is 0 Å². The Bertz CT molecular complexity index is 394. The van der Waals surface area contributed by atoms with Gasteiger partial charge in [0.05, 0.1) is 0 Å². The molecule has 1 fully saturated rings. The minimum Gasteiger partial charge on any atom is -0.508 e. The third-order valence-corrected chi connectivity index (χ3v) is 4.18. The highest BCUT2D eigenvalue weighted by Crippen LogP contribution is 2.28. The molecule has 0 aliphatic carbocycles. The highest BCUT2D eigenvalue weighted by Gasteiger charge is 2.23. The van der Waals surface area contributed by atoms with Crippen LogP contribution < -0.4 is 0 Å². The summed E-state index contributed by atoms with van der Waals surface area (Å²) in [5, 5.41) is 9.86. The molecule has 1 heterocycles. The number of rotatable bonds is 2. The summed E-state index contributed by atoms with van der Waals surface area (Å²) in [7, 11) is 0. The van der Waals surface area contributed by atoms with Crippen molar-refractivity contribution in [3.05, 3.63) is 28.2 Å². The van der Waals surface area contributed by atoms with Gasteiger partial charge in [-0.05, 0) is 50.4 Å². The number of halogens is 1. The summed E-state index contributed by atoms with van der Waals surface area (Å²) in [5.41, 5.74) is 1.01. The van der Waals surface area contributed by atoms with Gasteiger partial charge in [-0.25, -0.2) is 0 Å². The fourth-order valence-electron chi connectivity index (χ4n) is 2.59. The van der Waals surface area contributed by atoms with Gasteiger partial charge >= 0.3 is 0 Å². The molecule has 3 heteroatoms. The third-order valence-electron chi connectivity index (χ3n) is 3.69. The number of phenolic OH excluding ortho intramolecular Hbond substituents is 1. The van der Waals surface area contributed by atoms with Crippen molar-refractivity contribution < 1.29 is 5.11 Å². The number of phenols is 1. The summed E-state index contributed by atoms with van der Waals surface area (Å²) in [6, 6.07) is 6.26. The van der Waals surface area contributed by atoms with Gasteiger partial charge in [0, 0.05) is 22.6 Å². The van der Waals surface area contributed by atoms with Crippen LogP contribution in [0.4, 0.5) is 0 Å². The number of hydrogen-bond acceptors (Lipinski definition) is 2. The van der Waals surface area contributed by atoms with Gasteiger partial charge in [0.25, 0.3) is 0 Å². The van der Waals surface area contributed by atoms with Crippen LogP contribution in [0.25, 0.3) is 0 Å². The third kappa shape index (κ3) is 3.23. The molecule has 1 saturated heterocycles. The second-order valence-corrected chi connectivity index (χ2v) is 6.14. The van der Waals surface area contributed by atoms with E-state index in [1.54, 1.807) is 6.07 Å². The smallest absolute Gasteiger partial charge is 0.120 e. The fourth-order valence-corrected chi connectivity index (χ4v) is 3.00. The van der Waals surface area contributed by atoms with Crippen molar-refractivity contribution in [1.29, 1.82) is 0 Å². The minimum absolute atomic E-state index is 0.402. The predicted octanol–water partition coefficient (Wildman–Crippen LogP) is 3.78. The van der Waals surface area contributed by atoms with E-state index in [1.807, 2.05) is 12.1 Å². The van der Waals surface area contributed by atoms with Crippen LogP contribution in [0.2, 0.25) is 0 Å². The van der Waals surface area contributed by atoms with E-state index in [2.05, 4.69) is 34.7 Å². The van der Waals surface area contributed by atoms with Crippen molar-refractivity contribution in [2.24, 2.45) is 5.92 Å². The first-order valence-electron chi connectivity index (χ1n) is 6.27. The van der Waals surface area contributed by atoms with Crippen molar-refractivity contribution in [2.75, 3.05) is 6.54 Å². The molecule has 1 aromatic carbocycles. The van der Waals surface area contributed by atoms with Crippen LogP contribution in [0.5, 0.6) is 5.75 Å². The van der Waals surface area contributed by atoms with E-state index in [9.17, 15) is 5.11 Å². The Hall–Kier alpha value is -0.540. The minimum atomic E-state index is 0.402. The first-order valence-corrected chi connectivity index (χ1v) is 7.07. The standard InChI is InChI=1S/C14H20BrNO/c1-10-5-6-16(11(2)7-10)9-12-8-13(15)3-4-14(12)17/h3-4,8,10-11,17H,5-7,9H2,1-2H3. The molecule has 2 unspecified atom stereocenters. The van der Waals surface area contributed by atoms with Crippen molar-refractivity contribution >= 4 is 15.9 Å². The molecule has 0 saturated carbocycles. The van der Waals surface area contributed by atoms with Crippen molar-refractivity contribution in [1.82, 2.24) is 4.90 Å². The zero-order valence-corrected chi connectivity index (χ0v) is 12.1. The van der Waals surface area contributed by atoms with E-state index in [0.29, 0.717) is 11.8 Å². The van der Waals surface area contributed by atoms with Gasteiger partial charge in [-0.1, -0.05) is 22.9 Å². The fraction of sp³-hybridized carbons (Fsp3) is 0.571. The van der Waals surface area contributed by atoms with Gasteiger partial charge < -0.3 is 5.11 Å². The van der Waals surface area contributed by atoms with Gasteiger partial charge in [-0.3, -0.25) is 4.90 Å². The van der Waals surface area contributed by atoms with Gasteiger partial charge in [0.2, 0.25) is 0 Å². The van der Waals surface area contributed by atoms with Gasteiger partial charge in [0.1, 0.15) is 5.75 Å². The lowest BCUT2D eigenvalue weighted by molar-refractivity contribution is 0.121. The summed E-state index contributed by atoms with van der Waals surface area (Å²) < 4.78 is 1.03. The Kier molecular flexibility index (Phi) is 4.10. The molecule has 0 aromatic heterocycles. The van der Waals surface area contributed by atoms with Crippen LogP contribution in [0.15, 0.2) is 22.7 Å². The lowest BCUT2D eigenvalue weighted by Crippen LogP contribution is -2.39. The average molecular weight is 298 g/mol. The Morgan fingerprint density at radius 1 is 1.41 bits per heavy atom. The van der Waals surface area contributed by atoms with Gasteiger partial charge in [0.15, 0.2) is 0 Å². The molecule has 1 aliphatic rings. The molecule has 0 amide bonds. The molecule has 1 aromatic rings. The molecular formula is C14H20BrNO. The summed E-state index contributed by atoms with van der Waals surface area (Å²) in [4.78, 5) is 2.46. The predicted molar refractivity (Wildman–Crippen MR) is 74.1 cm³/mol. The van der Waals surface area contributed by atoms with E-state index in [1.165, 1.54) is 12.8 Å². The maximum Gasteiger partial charge on any atom is 0.120 e. The lowest BCUT2D eigenvalue weighted by Gasteiger charge is -2.36. The summed E-state index contributed by atoms with van der Waals surface area (Å²) in [5.74, 6) is 1.23. The summed E-state index contributed by atoms with van der Waals surface area (Å²) >= 11 is 3.46. The maximum absolute atomic E-state index is 9.86. The average Bonchev–Trinajstić information content (AvgIpc) is 2.27. The van der Waals surface area contributed by atoms with Crippen LogP contribution in [0.3, 0.4) is 0 Å². The van der Waals surface area contributed by atoms with E-state index < -0.39 is 0 Å². The monoisotopic (exact) mass is 297 g/mol. The number of aromatic hydroxyl groups is 1. The van der Waals surface area contributed by atoms with Crippen molar-refractivity contribution in [3.8, 4) is 5.75 Å². The highest BCUT2D eigenvalue weighted by molar-refractivity contribution is 9.10. The SMILES string of the molecule is CC1CCN(Cc2cc(Br)ccc2O)C(C)C1.